The van der Waals surface area contributed by atoms with Crippen LogP contribution in [0.4, 0.5) is 0 Å². The van der Waals surface area contributed by atoms with Gasteiger partial charge < -0.3 is 4.74 Å². The zero-order chi connectivity index (χ0) is 13.8. The van der Waals surface area contributed by atoms with Crippen LogP contribution in [0.2, 0.25) is 0 Å². The Morgan fingerprint density at radius 1 is 0.900 bits per heavy atom. The molecule has 20 heavy (non-hydrogen) atoms. The lowest BCUT2D eigenvalue weighted by Gasteiger charge is -2.28. The van der Waals surface area contributed by atoms with Gasteiger partial charge >= 0.3 is 0 Å². The SMILES string of the molecule is COc1c(C2CCCCC2)[c]ccc1C1CCCCC1. The summed E-state index contributed by atoms with van der Waals surface area (Å²) < 4.78 is 5.85. The highest BCUT2D eigenvalue weighted by molar-refractivity contribution is 5.45. The Bertz CT molecular complexity index is 389. The van der Waals surface area contributed by atoms with Gasteiger partial charge in [-0.25, -0.2) is 0 Å². The van der Waals surface area contributed by atoms with Crippen LogP contribution >= 0.6 is 0 Å². The summed E-state index contributed by atoms with van der Waals surface area (Å²) in [5.41, 5.74) is 2.83. The summed E-state index contributed by atoms with van der Waals surface area (Å²) in [7, 11) is 1.85. The summed E-state index contributed by atoms with van der Waals surface area (Å²) in [6.45, 7) is 0. The van der Waals surface area contributed by atoms with E-state index in [1.165, 1.54) is 81.1 Å². The van der Waals surface area contributed by atoms with Crippen LogP contribution in [0.1, 0.15) is 87.2 Å². The molecule has 0 unspecified atom stereocenters. The van der Waals surface area contributed by atoms with Crippen LogP contribution in [0.3, 0.4) is 0 Å². The van der Waals surface area contributed by atoms with Crippen molar-refractivity contribution in [1.82, 2.24) is 0 Å². The average Bonchev–Trinajstić information content (AvgIpc) is 2.55. The maximum absolute atomic E-state index is 5.85. The molecule has 0 N–H and O–H groups in total. The van der Waals surface area contributed by atoms with Crippen LogP contribution in [-0.4, -0.2) is 7.11 Å². The Morgan fingerprint density at radius 2 is 1.50 bits per heavy atom. The summed E-state index contributed by atoms with van der Waals surface area (Å²) in [4.78, 5) is 0. The first-order chi connectivity index (χ1) is 9.90. The standard InChI is InChI=1S/C19H27O/c1-20-19-17(15-9-4-2-5-10-15)13-8-14-18(19)16-11-6-3-7-12-16/h8,13,15-16H,2-7,9-12H2,1H3. The van der Waals surface area contributed by atoms with Crippen LogP contribution in [0.5, 0.6) is 5.75 Å². The van der Waals surface area contributed by atoms with Crippen LogP contribution < -0.4 is 4.74 Å². The van der Waals surface area contributed by atoms with E-state index in [4.69, 9.17) is 4.74 Å². The van der Waals surface area contributed by atoms with E-state index < -0.39 is 0 Å². The molecule has 1 heteroatoms. The third kappa shape index (κ3) is 2.87. The zero-order valence-electron chi connectivity index (χ0n) is 12.8. The van der Waals surface area contributed by atoms with Crippen molar-refractivity contribution in [1.29, 1.82) is 0 Å². The number of ether oxygens (including phenoxy) is 1. The number of hydrogen-bond acceptors (Lipinski definition) is 1. The first-order valence-electron chi connectivity index (χ1n) is 8.48. The first-order valence-corrected chi connectivity index (χ1v) is 8.48. The third-order valence-corrected chi connectivity index (χ3v) is 5.27. The number of benzene rings is 1. The lowest BCUT2D eigenvalue weighted by atomic mass is 9.79. The minimum atomic E-state index is 0.683. The lowest BCUT2D eigenvalue weighted by molar-refractivity contribution is 0.368. The van der Waals surface area contributed by atoms with E-state index in [9.17, 15) is 0 Å². The van der Waals surface area contributed by atoms with Gasteiger partial charge in [0.25, 0.3) is 0 Å². The number of methoxy groups -OCH3 is 1. The molecule has 0 saturated heterocycles. The molecule has 0 amide bonds. The Labute approximate surface area is 123 Å². The smallest absolute Gasteiger partial charge is 0.126 e. The van der Waals surface area contributed by atoms with Crippen molar-refractivity contribution in [2.24, 2.45) is 0 Å². The van der Waals surface area contributed by atoms with Gasteiger partial charge in [0, 0.05) is 5.56 Å². The maximum Gasteiger partial charge on any atom is 0.126 e. The van der Waals surface area contributed by atoms with Crippen molar-refractivity contribution in [3.8, 4) is 5.75 Å². The molecule has 1 radical (unpaired) electrons. The second-order valence-corrected chi connectivity index (χ2v) is 6.55. The van der Waals surface area contributed by atoms with Crippen molar-refractivity contribution in [3.05, 3.63) is 29.3 Å². The molecule has 2 aliphatic rings. The fourth-order valence-electron chi connectivity index (χ4n) is 4.18. The van der Waals surface area contributed by atoms with E-state index in [2.05, 4.69) is 18.2 Å². The van der Waals surface area contributed by atoms with E-state index in [0.29, 0.717) is 5.92 Å². The minimum Gasteiger partial charge on any atom is -0.496 e. The molecule has 3 rings (SSSR count). The topological polar surface area (TPSA) is 9.23 Å². The van der Waals surface area contributed by atoms with Crippen LogP contribution in [-0.2, 0) is 0 Å². The van der Waals surface area contributed by atoms with E-state index in [0.717, 1.165) is 5.92 Å². The highest BCUT2D eigenvalue weighted by Crippen LogP contribution is 2.43. The molecule has 0 atom stereocenters. The van der Waals surface area contributed by atoms with Gasteiger partial charge in [0.15, 0.2) is 0 Å². The monoisotopic (exact) mass is 271 g/mol. The summed E-state index contributed by atoms with van der Waals surface area (Å²) in [6, 6.07) is 7.93. The molecule has 1 nitrogen and oxygen atoms in total. The maximum atomic E-state index is 5.85. The molecule has 0 spiro atoms. The second kappa shape index (κ2) is 6.65. The van der Waals surface area contributed by atoms with Gasteiger partial charge in [0.05, 0.1) is 7.11 Å². The molecule has 0 heterocycles. The Hall–Kier alpha value is -0.980. The summed E-state index contributed by atoms with van der Waals surface area (Å²) in [5, 5.41) is 0. The minimum absolute atomic E-state index is 0.683. The predicted octanol–water partition coefficient (Wildman–Crippen LogP) is 5.59. The normalized spacial score (nSPS) is 21.9. The molecular weight excluding hydrogens is 244 g/mol. The van der Waals surface area contributed by atoms with Crippen molar-refractivity contribution >= 4 is 0 Å². The van der Waals surface area contributed by atoms with E-state index >= 15 is 0 Å². The average molecular weight is 271 g/mol. The van der Waals surface area contributed by atoms with E-state index in [1.807, 2.05) is 7.11 Å². The molecule has 2 aliphatic carbocycles. The molecule has 0 aromatic heterocycles. The largest absolute Gasteiger partial charge is 0.496 e. The van der Waals surface area contributed by atoms with Crippen molar-refractivity contribution in [3.63, 3.8) is 0 Å². The molecule has 1 aromatic rings. The van der Waals surface area contributed by atoms with Gasteiger partial charge in [-0.15, -0.1) is 0 Å². The highest BCUT2D eigenvalue weighted by Gasteiger charge is 2.25. The van der Waals surface area contributed by atoms with Gasteiger partial charge in [-0.2, -0.15) is 0 Å². The fraction of sp³-hybridized carbons (Fsp3) is 0.684. The molecule has 2 saturated carbocycles. The number of hydrogen-bond donors (Lipinski definition) is 0. The van der Waals surface area contributed by atoms with E-state index in [-0.39, 0.29) is 0 Å². The first kappa shape index (κ1) is 14.0. The second-order valence-electron chi connectivity index (χ2n) is 6.55. The predicted molar refractivity (Wildman–Crippen MR) is 83.5 cm³/mol. The summed E-state index contributed by atoms with van der Waals surface area (Å²) in [5.74, 6) is 2.57. The lowest BCUT2D eigenvalue weighted by Crippen LogP contribution is -2.11. The van der Waals surface area contributed by atoms with Crippen molar-refractivity contribution in [2.45, 2.75) is 76.0 Å². The van der Waals surface area contributed by atoms with Crippen molar-refractivity contribution < 1.29 is 4.74 Å². The van der Waals surface area contributed by atoms with Gasteiger partial charge in [0.1, 0.15) is 5.75 Å². The van der Waals surface area contributed by atoms with Gasteiger partial charge in [-0.05, 0) is 49.1 Å². The van der Waals surface area contributed by atoms with Gasteiger partial charge in [0.2, 0.25) is 0 Å². The highest BCUT2D eigenvalue weighted by atomic mass is 16.5. The summed E-state index contributed by atoms with van der Waals surface area (Å²) >= 11 is 0. The molecule has 0 aliphatic heterocycles. The Kier molecular flexibility index (Phi) is 4.65. The third-order valence-electron chi connectivity index (χ3n) is 5.27. The summed E-state index contributed by atoms with van der Waals surface area (Å²) in [6.07, 6.45) is 13.6. The van der Waals surface area contributed by atoms with Crippen molar-refractivity contribution in [2.75, 3.05) is 7.11 Å². The number of rotatable bonds is 3. The molecule has 2 fully saturated rings. The van der Waals surface area contributed by atoms with Crippen LogP contribution in [0.25, 0.3) is 0 Å². The van der Waals surface area contributed by atoms with Gasteiger partial charge in [-0.1, -0.05) is 50.7 Å². The van der Waals surface area contributed by atoms with E-state index in [1.54, 1.807) is 0 Å². The quantitative estimate of drug-likeness (QED) is 0.696. The van der Waals surface area contributed by atoms with Gasteiger partial charge in [-0.3, -0.25) is 0 Å². The molecular formula is C19H27O. The van der Waals surface area contributed by atoms with Crippen LogP contribution in [0.15, 0.2) is 12.1 Å². The Morgan fingerprint density at radius 3 is 2.10 bits per heavy atom. The molecule has 1 aromatic carbocycles. The molecule has 0 bridgehead atoms. The Balaban J connectivity index is 1.89. The molecule has 109 valence electrons. The van der Waals surface area contributed by atoms with Crippen LogP contribution in [0, 0.1) is 6.07 Å². The zero-order valence-corrected chi connectivity index (χ0v) is 12.8. The fourth-order valence-corrected chi connectivity index (χ4v) is 4.18.